The van der Waals surface area contributed by atoms with Gasteiger partial charge in [-0.15, -0.1) is 10.2 Å². The van der Waals surface area contributed by atoms with Gasteiger partial charge >= 0.3 is 0 Å². The summed E-state index contributed by atoms with van der Waals surface area (Å²) in [4.78, 5) is 0.898. The van der Waals surface area contributed by atoms with E-state index in [0.29, 0.717) is 5.92 Å². The van der Waals surface area contributed by atoms with Crippen LogP contribution in [0.5, 0.6) is 0 Å². The lowest BCUT2D eigenvalue weighted by atomic mass is 9.85. The second-order valence-electron chi connectivity index (χ2n) is 4.97. The molecule has 0 radical (unpaired) electrons. The molecule has 0 aliphatic heterocycles. The fraction of sp³-hybridized carbons (Fsp3) is 0.727. The summed E-state index contributed by atoms with van der Waals surface area (Å²) in [7, 11) is 0. The molecule has 0 aromatic carbocycles. The number of aromatic nitrogens is 4. The summed E-state index contributed by atoms with van der Waals surface area (Å²) >= 11 is 1.60. The Balaban J connectivity index is 1.98. The zero-order chi connectivity index (χ0) is 12.0. The quantitative estimate of drug-likeness (QED) is 0.904. The molecule has 2 heterocycles. The number of fused-ring (bicyclic) bond motifs is 1. The molecule has 2 aromatic heterocycles. The van der Waals surface area contributed by atoms with Crippen LogP contribution >= 0.6 is 11.3 Å². The van der Waals surface area contributed by atoms with Gasteiger partial charge in [0.2, 0.25) is 4.96 Å². The summed E-state index contributed by atoms with van der Waals surface area (Å²) in [6.45, 7) is 4.12. The topological polar surface area (TPSA) is 69.1 Å². The summed E-state index contributed by atoms with van der Waals surface area (Å²) in [5, 5.41) is 14.2. The smallest absolute Gasteiger partial charge is 0.234 e. The molecule has 0 bridgehead atoms. The van der Waals surface area contributed by atoms with Gasteiger partial charge in [-0.2, -0.15) is 9.61 Å². The Kier molecular flexibility index (Phi) is 2.63. The van der Waals surface area contributed by atoms with Crippen LogP contribution in [0.4, 0.5) is 0 Å². The Bertz CT molecular complexity index is 525. The molecule has 1 aliphatic carbocycles. The summed E-state index contributed by atoms with van der Waals surface area (Å²) in [6.07, 6.45) is 3.74. The fourth-order valence-corrected chi connectivity index (χ4v) is 2.99. The largest absolute Gasteiger partial charge is 0.327 e. The van der Waals surface area contributed by atoms with Gasteiger partial charge in [0.05, 0.1) is 0 Å². The predicted molar refractivity (Wildman–Crippen MR) is 67.3 cm³/mol. The third-order valence-corrected chi connectivity index (χ3v) is 4.78. The maximum atomic E-state index is 5.92. The Morgan fingerprint density at radius 2 is 2.12 bits per heavy atom. The molecule has 5 nitrogen and oxygen atoms in total. The van der Waals surface area contributed by atoms with Gasteiger partial charge in [0, 0.05) is 17.9 Å². The molecule has 0 saturated heterocycles. The lowest BCUT2D eigenvalue weighted by Gasteiger charge is -2.22. The third kappa shape index (κ3) is 1.75. The molecule has 0 spiro atoms. The van der Waals surface area contributed by atoms with Crippen LogP contribution in [0, 0.1) is 0 Å². The van der Waals surface area contributed by atoms with Gasteiger partial charge in [-0.05, 0) is 19.8 Å². The lowest BCUT2D eigenvalue weighted by molar-refractivity contribution is 0.394. The molecule has 1 aliphatic rings. The van der Waals surface area contributed by atoms with Crippen LogP contribution in [-0.2, 0) is 0 Å². The fourth-order valence-electron chi connectivity index (χ4n) is 1.98. The van der Waals surface area contributed by atoms with Crippen LogP contribution in [0.2, 0.25) is 0 Å². The minimum Gasteiger partial charge on any atom is -0.327 e. The van der Waals surface area contributed by atoms with E-state index in [4.69, 9.17) is 5.73 Å². The predicted octanol–water partition coefficient (Wildman–Crippen LogP) is 1.90. The molecule has 6 heteroatoms. The van der Waals surface area contributed by atoms with Gasteiger partial charge in [0.1, 0.15) is 5.01 Å². The number of hydrogen-bond donors (Lipinski definition) is 1. The van der Waals surface area contributed by atoms with Crippen molar-refractivity contribution in [2.75, 3.05) is 0 Å². The highest BCUT2D eigenvalue weighted by molar-refractivity contribution is 7.16. The van der Waals surface area contributed by atoms with Gasteiger partial charge in [-0.25, -0.2) is 0 Å². The SMILES string of the molecule is CC(N)C(C)c1nn2c(C3CCC3)nnc2s1. The maximum Gasteiger partial charge on any atom is 0.234 e. The van der Waals surface area contributed by atoms with Crippen LogP contribution in [0.3, 0.4) is 0 Å². The molecule has 3 rings (SSSR count). The van der Waals surface area contributed by atoms with Crippen LogP contribution in [0.25, 0.3) is 4.96 Å². The molecule has 1 saturated carbocycles. The van der Waals surface area contributed by atoms with E-state index in [1.165, 1.54) is 19.3 Å². The Morgan fingerprint density at radius 3 is 2.71 bits per heavy atom. The van der Waals surface area contributed by atoms with E-state index in [1.807, 2.05) is 11.4 Å². The summed E-state index contributed by atoms with van der Waals surface area (Å²) in [6, 6.07) is 0.117. The highest BCUT2D eigenvalue weighted by atomic mass is 32.1. The number of nitrogens with two attached hydrogens (primary N) is 1. The average molecular weight is 251 g/mol. The van der Waals surface area contributed by atoms with Crippen molar-refractivity contribution >= 4 is 16.3 Å². The van der Waals surface area contributed by atoms with Gasteiger partial charge in [-0.3, -0.25) is 0 Å². The maximum absolute atomic E-state index is 5.92. The van der Waals surface area contributed by atoms with Crippen molar-refractivity contribution in [3.8, 4) is 0 Å². The highest BCUT2D eigenvalue weighted by Crippen LogP contribution is 2.36. The average Bonchev–Trinajstić information content (AvgIpc) is 2.76. The molecule has 2 N–H and O–H groups in total. The van der Waals surface area contributed by atoms with Crippen LogP contribution < -0.4 is 5.73 Å². The van der Waals surface area contributed by atoms with E-state index in [1.54, 1.807) is 11.3 Å². The van der Waals surface area contributed by atoms with Crippen molar-refractivity contribution in [3.05, 3.63) is 10.8 Å². The minimum atomic E-state index is 0.117. The first kappa shape index (κ1) is 11.1. The first-order valence-electron chi connectivity index (χ1n) is 6.14. The van der Waals surface area contributed by atoms with Gasteiger partial charge < -0.3 is 5.73 Å². The summed E-state index contributed by atoms with van der Waals surface area (Å²) in [5.41, 5.74) is 5.92. The minimum absolute atomic E-state index is 0.117. The summed E-state index contributed by atoms with van der Waals surface area (Å²) in [5.74, 6) is 1.87. The van der Waals surface area contributed by atoms with E-state index >= 15 is 0 Å². The monoisotopic (exact) mass is 251 g/mol. The van der Waals surface area contributed by atoms with Crippen molar-refractivity contribution in [1.29, 1.82) is 0 Å². The van der Waals surface area contributed by atoms with Gasteiger partial charge in [-0.1, -0.05) is 24.7 Å². The lowest BCUT2D eigenvalue weighted by Crippen LogP contribution is -2.22. The van der Waals surface area contributed by atoms with Crippen molar-refractivity contribution in [3.63, 3.8) is 0 Å². The Morgan fingerprint density at radius 1 is 1.35 bits per heavy atom. The Hall–Kier alpha value is -1.01. The van der Waals surface area contributed by atoms with Gasteiger partial charge in [0.25, 0.3) is 0 Å². The van der Waals surface area contributed by atoms with Crippen LogP contribution in [-0.4, -0.2) is 25.9 Å². The number of rotatable bonds is 3. The van der Waals surface area contributed by atoms with Crippen LogP contribution in [0.1, 0.15) is 55.8 Å². The second-order valence-corrected chi connectivity index (χ2v) is 5.96. The highest BCUT2D eigenvalue weighted by Gasteiger charge is 2.27. The van der Waals surface area contributed by atoms with Gasteiger partial charge in [0.15, 0.2) is 5.82 Å². The number of nitrogens with zero attached hydrogens (tertiary/aromatic N) is 4. The van der Waals surface area contributed by atoms with E-state index < -0.39 is 0 Å². The van der Waals surface area contributed by atoms with Crippen molar-refractivity contribution in [1.82, 2.24) is 19.8 Å². The van der Waals surface area contributed by atoms with E-state index in [9.17, 15) is 0 Å². The normalized spacial score (nSPS) is 20.4. The first-order chi connectivity index (χ1) is 8.16. The molecule has 2 atom stereocenters. The standard InChI is InChI=1S/C11H17N5S/c1-6(7(2)12)10-15-16-9(8-4-3-5-8)13-14-11(16)17-10/h6-8H,3-5,12H2,1-2H3. The molecular weight excluding hydrogens is 234 g/mol. The molecule has 17 heavy (non-hydrogen) atoms. The third-order valence-electron chi connectivity index (χ3n) is 3.68. The zero-order valence-corrected chi connectivity index (χ0v) is 10.9. The van der Waals surface area contributed by atoms with Crippen molar-refractivity contribution in [2.24, 2.45) is 5.73 Å². The molecule has 2 unspecified atom stereocenters. The molecule has 92 valence electrons. The Labute approximate surface area is 104 Å². The molecular formula is C11H17N5S. The zero-order valence-electron chi connectivity index (χ0n) is 10.1. The van der Waals surface area contributed by atoms with E-state index in [0.717, 1.165) is 15.8 Å². The second kappa shape index (κ2) is 4.03. The first-order valence-corrected chi connectivity index (χ1v) is 6.96. The molecule has 2 aromatic rings. The number of hydrogen-bond acceptors (Lipinski definition) is 5. The van der Waals surface area contributed by atoms with Crippen molar-refractivity contribution < 1.29 is 0 Å². The van der Waals surface area contributed by atoms with E-state index in [2.05, 4.69) is 22.2 Å². The van der Waals surface area contributed by atoms with E-state index in [-0.39, 0.29) is 12.0 Å². The van der Waals surface area contributed by atoms with Crippen LogP contribution in [0.15, 0.2) is 0 Å². The summed E-state index contributed by atoms with van der Waals surface area (Å²) < 4.78 is 1.92. The molecule has 1 fully saturated rings. The molecule has 0 amide bonds. The van der Waals surface area contributed by atoms with Crippen molar-refractivity contribution in [2.45, 2.75) is 51.0 Å².